The van der Waals surface area contributed by atoms with Gasteiger partial charge in [0.05, 0.1) is 0 Å². The standard InChI is InChI=1S/C27H50O4Si/c1-3-32(2)30-26(22-18-14-10-6-4-7-11-15-19-23-26)28-29-27(31-32)24-20-16-12-8-5-9-13-17-21-25-27/h3H,1,4-25H2,2H3. The van der Waals surface area contributed by atoms with Crippen molar-refractivity contribution in [2.45, 2.75) is 159 Å². The van der Waals surface area contributed by atoms with E-state index in [4.69, 9.17) is 18.6 Å². The Hall–Kier alpha value is -0.203. The molecule has 0 bridgehead atoms. The van der Waals surface area contributed by atoms with Gasteiger partial charge in [-0.15, -0.1) is 6.58 Å². The van der Waals surface area contributed by atoms with Crippen molar-refractivity contribution >= 4 is 8.56 Å². The summed E-state index contributed by atoms with van der Waals surface area (Å²) in [5.41, 5.74) is 1.96. The largest absolute Gasteiger partial charge is 0.365 e. The van der Waals surface area contributed by atoms with E-state index in [1.54, 1.807) is 0 Å². The summed E-state index contributed by atoms with van der Waals surface area (Å²) in [6.07, 6.45) is 26.5. The van der Waals surface area contributed by atoms with Crippen molar-refractivity contribution in [2.24, 2.45) is 0 Å². The van der Waals surface area contributed by atoms with Crippen molar-refractivity contribution in [2.75, 3.05) is 0 Å². The zero-order valence-electron chi connectivity index (χ0n) is 21.0. The Bertz CT molecular complexity index is 474. The lowest BCUT2D eigenvalue weighted by atomic mass is 9.97. The third-order valence-electron chi connectivity index (χ3n) is 7.72. The van der Waals surface area contributed by atoms with Crippen molar-refractivity contribution < 1.29 is 18.6 Å². The van der Waals surface area contributed by atoms with Crippen molar-refractivity contribution in [1.29, 1.82) is 0 Å². The summed E-state index contributed by atoms with van der Waals surface area (Å²) in [6, 6.07) is 0. The van der Waals surface area contributed by atoms with Gasteiger partial charge >= 0.3 is 8.56 Å². The highest BCUT2D eigenvalue weighted by Gasteiger charge is 2.52. The van der Waals surface area contributed by atoms with Gasteiger partial charge in [-0.3, -0.25) is 0 Å². The zero-order valence-corrected chi connectivity index (χ0v) is 22.0. The number of hydrogen-bond donors (Lipinski definition) is 0. The molecule has 32 heavy (non-hydrogen) atoms. The lowest BCUT2D eigenvalue weighted by Crippen LogP contribution is -2.49. The van der Waals surface area contributed by atoms with E-state index in [0.29, 0.717) is 0 Å². The molecule has 0 amide bonds. The molecule has 1 heterocycles. The summed E-state index contributed by atoms with van der Waals surface area (Å²) in [6.45, 7) is 6.31. The van der Waals surface area contributed by atoms with Crippen LogP contribution in [0.1, 0.15) is 141 Å². The topological polar surface area (TPSA) is 36.9 Å². The van der Waals surface area contributed by atoms with Crippen LogP contribution in [0.3, 0.4) is 0 Å². The van der Waals surface area contributed by atoms with Crippen LogP contribution in [0.25, 0.3) is 0 Å². The molecule has 5 heteroatoms. The quantitative estimate of drug-likeness (QED) is 0.286. The molecule has 2 spiro atoms. The Kier molecular flexibility index (Phi) is 11.2. The van der Waals surface area contributed by atoms with Crippen LogP contribution >= 0.6 is 0 Å². The van der Waals surface area contributed by atoms with Gasteiger partial charge in [-0.05, 0) is 37.9 Å². The second-order valence-corrected chi connectivity index (χ2v) is 13.6. The molecule has 0 N–H and O–H groups in total. The highest BCUT2D eigenvalue weighted by molar-refractivity contribution is 6.71. The predicted molar refractivity (Wildman–Crippen MR) is 133 cm³/mol. The molecule has 0 atom stereocenters. The minimum Gasteiger partial charge on any atom is -0.360 e. The minimum absolute atomic E-state index is 0.679. The zero-order chi connectivity index (χ0) is 22.6. The first kappa shape index (κ1) is 26.4. The summed E-state index contributed by atoms with van der Waals surface area (Å²) in [5, 5.41) is 0. The molecule has 0 unspecified atom stereocenters. The van der Waals surface area contributed by atoms with Crippen LogP contribution in [0.2, 0.25) is 6.55 Å². The highest BCUT2D eigenvalue weighted by Crippen LogP contribution is 2.42. The summed E-state index contributed by atoms with van der Waals surface area (Å²) in [7, 11) is -2.65. The first-order valence-electron chi connectivity index (χ1n) is 14.0. The van der Waals surface area contributed by atoms with Crippen molar-refractivity contribution in [3.05, 3.63) is 12.3 Å². The molecule has 1 saturated heterocycles. The molecule has 3 aliphatic rings. The van der Waals surface area contributed by atoms with Crippen LogP contribution in [-0.4, -0.2) is 20.1 Å². The van der Waals surface area contributed by atoms with Crippen LogP contribution in [0.15, 0.2) is 12.3 Å². The Morgan fingerprint density at radius 1 is 0.500 bits per heavy atom. The summed E-state index contributed by atoms with van der Waals surface area (Å²) < 4.78 is 13.7. The molecule has 1 aliphatic heterocycles. The lowest BCUT2D eigenvalue weighted by molar-refractivity contribution is -0.472. The van der Waals surface area contributed by atoms with Gasteiger partial charge in [0.1, 0.15) is 0 Å². The molecule has 0 aromatic heterocycles. The van der Waals surface area contributed by atoms with E-state index in [-0.39, 0.29) is 0 Å². The van der Waals surface area contributed by atoms with E-state index < -0.39 is 20.1 Å². The molecular weight excluding hydrogens is 416 g/mol. The van der Waals surface area contributed by atoms with E-state index in [1.807, 2.05) is 5.70 Å². The van der Waals surface area contributed by atoms with Crippen LogP contribution in [0, 0.1) is 0 Å². The lowest BCUT2D eigenvalue weighted by Gasteiger charge is -2.36. The van der Waals surface area contributed by atoms with Gasteiger partial charge in [-0.2, -0.15) is 9.78 Å². The first-order chi connectivity index (χ1) is 15.6. The van der Waals surface area contributed by atoms with Gasteiger partial charge in [-0.1, -0.05) is 89.9 Å². The fourth-order valence-electron chi connectivity index (χ4n) is 5.70. The van der Waals surface area contributed by atoms with Crippen LogP contribution in [0.5, 0.6) is 0 Å². The van der Waals surface area contributed by atoms with Gasteiger partial charge in [0.2, 0.25) is 0 Å². The average Bonchev–Trinajstić information content (AvgIpc) is 2.89. The molecule has 2 aliphatic carbocycles. The SMILES string of the molecule is C=C[Si]1(C)OC2(CCCCCCCCCCC2)OOC2(CCCCCCCCCCC2)O1. The maximum Gasteiger partial charge on any atom is 0.365 e. The van der Waals surface area contributed by atoms with Crippen molar-refractivity contribution in [3.63, 3.8) is 0 Å². The van der Waals surface area contributed by atoms with Crippen molar-refractivity contribution in [3.8, 4) is 0 Å². The molecule has 2 saturated carbocycles. The Morgan fingerprint density at radius 3 is 1.00 bits per heavy atom. The minimum atomic E-state index is -2.65. The normalized spacial score (nSPS) is 28.9. The van der Waals surface area contributed by atoms with E-state index in [1.165, 1.54) is 89.9 Å². The van der Waals surface area contributed by atoms with Gasteiger partial charge in [0, 0.05) is 25.7 Å². The third kappa shape index (κ3) is 8.54. The van der Waals surface area contributed by atoms with E-state index in [2.05, 4.69) is 13.1 Å². The van der Waals surface area contributed by atoms with E-state index >= 15 is 0 Å². The molecule has 0 aromatic carbocycles. The Balaban J connectivity index is 1.76. The molecule has 0 aromatic rings. The smallest absolute Gasteiger partial charge is 0.360 e. The first-order valence-corrected chi connectivity index (χ1v) is 16.4. The van der Waals surface area contributed by atoms with Crippen LogP contribution < -0.4 is 0 Å². The second kappa shape index (κ2) is 13.6. The molecular formula is C27H50O4Si. The molecule has 4 nitrogen and oxygen atoms in total. The maximum atomic E-state index is 6.83. The number of hydrogen-bond acceptors (Lipinski definition) is 4. The maximum absolute atomic E-state index is 6.83. The monoisotopic (exact) mass is 466 g/mol. The van der Waals surface area contributed by atoms with Gasteiger partial charge in [0.25, 0.3) is 0 Å². The third-order valence-corrected chi connectivity index (χ3v) is 10.0. The Morgan fingerprint density at radius 2 is 0.750 bits per heavy atom. The Labute approximate surface area is 199 Å². The second-order valence-electron chi connectivity index (χ2n) is 10.8. The molecule has 0 radical (unpaired) electrons. The van der Waals surface area contributed by atoms with Gasteiger partial charge in [-0.25, -0.2) is 0 Å². The number of rotatable bonds is 1. The van der Waals surface area contributed by atoms with Gasteiger partial charge < -0.3 is 8.85 Å². The fraction of sp³-hybridized carbons (Fsp3) is 0.926. The predicted octanol–water partition coefficient (Wildman–Crippen LogP) is 8.78. The summed E-state index contributed by atoms with van der Waals surface area (Å²) in [4.78, 5) is 12.8. The van der Waals surface area contributed by atoms with Crippen LogP contribution in [-0.2, 0) is 18.6 Å². The summed E-state index contributed by atoms with van der Waals surface area (Å²) >= 11 is 0. The van der Waals surface area contributed by atoms with E-state index in [9.17, 15) is 0 Å². The molecule has 186 valence electrons. The van der Waals surface area contributed by atoms with E-state index in [0.717, 1.165) is 51.4 Å². The highest BCUT2D eigenvalue weighted by atomic mass is 28.4. The van der Waals surface area contributed by atoms with Crippen molar-refractivity contribution in [1.82, 2.24) is 0 Å². The summed E-state index contributed by atoms with van der Waals surface area (Å²) in [5.74, 6) is -1.36. The van der Waals surface area contributed by atoms with Crippen LogP contribution in [0.4, 0.5) is 0 Å². The van der Waals surface area contributed by atoms with Gasteiger partial charge in [0.15, 0.2) is 11.6 Å². The fourth-order valence-corrected chi connectivity index (χ4v) is 7.86. The molecule has 3 rings (SSSR count). The molecule has 3 fully saturated rings. The average molecular weight is 467 g/mol.